The zero-order valence-corrected chi connectivity index (χ0v) is 59.7. The summed E-state index contributed by atoms with van der Waals surface area (Å²) in [5.41, 5.74) is 28.3. The van der Waals surface area contributed by atoms with Gasteiger partial charge >= 0.3 is 0 Å². The highest BCUT2D eigenvalue weighted by Gasteiger charge is 2.28. The Morgan fingerprint density at radius 1 is 0.230 bits per heavy atom. The van der Waals surface area contributed by atoms with Gasteiger partial charge < -0.3 is 9.80 Å². The van der Waals surface area contributed by atoms with Crippen LogP contribution in [0, 0.1) is 51.4 Å². The van der Waals surface area contributed by atoms with E-state index in [-0.39, 0.29) is 0 Å². The van der Waals surface area contributed by atoms with E-state index >= 15 is 0 Å². The second-order valence-corrected chi connectivity index (χ2v) is 30.0. The maximum Gasteiger partial charge on any atom is 0.0619 e. The molecule has 0 N–H and O–H groups in total. The van der Waals surface area contributed by atoms with Gasteiger partial charge in [0, 0.05) is 44.3 Å². The normalized spacial score (nSPS) is 16.7. The molecule has 0 amide bonds. The number of rotatable bonds is 18. The molecule has 0 aliphatic heterocycles. The molecule has 0 spiro atoms. The summed E-state index contributed by atoms with van der Waals surface area (Å²) < 4.78 is 0. The Morgan fingerprint density at radius 2 is 0.420 bits per heavy atom. The van der Waals surface area contributed by atoms with Crippen LogP contribution >= 0.6 is 0 Å². The third-order valence-corrected chi connectivity index (χ3v) is 22.9. The van der Waals surface area contributed by atoms with Crippen LogP contribution in [0.4, 0.5) is 34.1 Å². The van der Waals surface area contributed by atoms with Gasteiger partial charge in [-0.25, -0.2) is 0 Å². The minimum absolute atomic E-state index is 0.552. The average molecular weight is 1310 g/mol. The van der Waals surface area contributed by atoms with Crippen molar-refractivity contribution < 1.29 is 0 Å². The number of benzene rings is 11. The third kappa shape index (κ3) is 15.0. The van der Waals surface area contributed by atoms with Crippen molar-refractivity contribution >= 4 is 102 Å². The number of fused-ring (bicyclic) bond motifs is 2. The molecule has 4 saturated carbocycles. The van der Waals surface area contributed by atoms with E-state index in [0.717, 1.165) is 22.7 Å². The van der Waals surface area contributed by atoms with Crippen molar-refractivity contribution in [2.45, 2.75) is 156 Å². The quantitative estimate of drug-likeness (QED) is 0.0480. The fourth-order valence-corrected chi connectivity index (χ4v) is 17.4. The molecule has 0 unspecified atom stereocenters. The van der Waals surface area contributed by atoms with Gasteiger partial charge in [0.15, 0.2) is 0 Å². The maximum absolute atomic E-state index is 2.57. The van der Waals surface area contributed by atoms with Gasteiger partial charge in [-0.15, -0.1) is 0 Å². The van der Waals surface area contributed by atoms with Crippen LogP contribution in [-0.4, -0.2) is 0 Å². The van der Waals surface area contributed by atoms with Crippen molar-refractivity contribution in [2.75, 3.05) is 9.80 Å². The van der Waals surface area contributed by atoms with Crippen LogP contribution in [0.25, 0.3) is 68.1 Å². The summed E-state index contributed by atoms with van der Waals surface area (Å²) in [6.45, 7) is 8.80. The van der Waals surface area contributed by atoms with Crippen LogP contribution in [-0.2, 0) is 0 Å². The van der Waals surface area contributed by atoms with Crippen LogP contribution < -0.4 is 9.80 Å². The average Bonchev–Trinajstić information content (AvgIpc) is 0.723. The Morgan fingerprint density at radius 3 is 0.610 bits per heavy atom. The Bertz CT molecular complexity index is 4090. The molecule has 15 rings (SSSR count). The van der Waals surface area contributed by atoms with Crippen molar-refractivity contribution in [3.63, 3.8) is 0 Å². The van der Waals surface area contributed by atoms with Crippen LogP contribution in [0.5, 0.6) is 0 Å². The molecule has 0 radical (unpaired) electrons. The first-order valence-electron chi connectivity index (χ1n) is 38.3. The Hall–Kier alpha value is -9.50. The molecule has 100 heavy (non-hydrogen) atoms. The topological polar surface area (TPSA) is 6.48 Å². The number of hydrogen-bond donors (Lipinski definition) is 0. The SMILES string of the molecule is Cc1ccc(C(=Cc2ccc(N(c3ccc(C=C(c4ccc(C)cc4)C4CCCCC4)cc3)c3c4ccccc4c(N(c4ccc(C=C(c5ccc(C)cc5)C5CCCCC5)cc4)c4ccc(C=C(c5ccc(C)cc5)C5CCCCC5)cc4)c4ccccc34)cc2)C2CCCCC2)cc1. The van der Waals surface area contributed by atoms with E-state index in [2.05, 4.69) is 304 Å². The summed E-state index contributed by atoms with van der Waals surface area (Å²) >= 11 is 0. The molecular formula is C98H100N2. The summed E-state index contributed by atoms with van der Waals surface area (Å²) in [5.74, 6) is 2.21. The molecule has 2 nitrogen and oxygen atoms in total. The zero-order chi connectivity index (χ0) is 67.7. The maximum atomic E-state index is 2.57. The largest absolute Gasteiger partial charge is 0.309 e. The molecule has 0 bridgehead atoms. The first kappa shape index (κ1) is 66.4. The van der Waals surface area contributed by atoms with Crippen LogP contribution in [0.15, 0.2) is 243 Å². The van der Waals surface area contributed by atoms with Gasteiger partial charge in [0.2, 0.25) is 0 Å². The monoisotopic (exact) mass is 1300 g/mol. The minimum atomic E-state index is 0.552. The van der Waals surface area contributed by atoms with Gasteiger partial charge in [0.25, 0.3) is 0 Å². The first-order valence-corrected chi connectivity index (χ1v) is 38.3. The van der Waals surface area contributed by atoms with E-state index in [1.165, 1.54) is 250 Å². The number of hydrogen-bond acceptors (Lipinski definition) is 2. The predicted octanol–water partition coefficient (Wildman–Crippen LogP) is 28.6. The molecule has 4 aliphatic rings. The number of anilines is 6. The van der Waals surface area contributed by atoms with Crippen molar-refractivity contribution in [1.82, 2.24) is 0 Å². The van der Waals surface area contributed by atoms with E-state index in [1.807, 2.05) is 0 Å². The second kappa shape index (κ2) is 30.9. The molecule has 0 atom stereocenters. The molecule has 0 heterocycles. The molecule has 0 saturated heterocycles. The number of nitrogens with zero attached hydrogens (tertiary/aromatic N) is 2. The van der Waals surface area contributed by atoms with Gasteiger partial charge in [0.1, 0.15) is 0 Å². The Labute approximate surface area is 597 Å². The van der Waals surface area contributed by atoms with E-state index < -0.39 is 0 Å². The lowest BCUT2D eigenvalue weighted by atomic mass is 9.80. The highest BCUT2D eigenvalue weighted by molar-refractivity contribution is 6.23. The van der Waals surface area contributed by atoms with Crippen LogP contribution in [0.2, 0.25) is 0 Å². The fourth-order valence-electron chi connectivity index (χ4n) is 17.4. The summed E-state index contributed by atoms with van der Waals surface area (Å²) in [5, 5.41) is 4.77. The lowest BCUT2D eigenvalue weighted by Gasteiger charge is -2.33. The molecular weight excluding hydrogens is 1210 g/mol. The fraction of sp³-hybridized carbons (Fsp3) is 0.286. The summed E-state index contributed by atoms with van der Waals surface area (Å²) in [7, 11) is 0. The molecule has 11 aromatic rings. The van der Waals surface area contributed by atoms with E-state index in [9.17, 15) is 0 Å². The minimum Gasteiger partial charge on any atom is -0.309 e. The molecule has 0 aromatic heterocycles. The standard InChI is InChI=1S/C98H100N2/c1-69-33-49-81(50-34-69)93(77-21-9-5-10-22-77)65-73-41-57-85(58-42-73)99(86-59-43-74(44-60-86)66-94(78-23-11-6-12-24-78)82-51-35-70(2)36-52-82)97-89-29-17-19-31-91(89)98(92-32-20-18-30-90(92)97)100(87-61-45-75(46-62-87)67-95(79-25-13-7-14-26-79)83-53-37-71(3)38-54-83)88-63-47-76(48-64-88)68-96(80-27-15-8-16-28-80)84-55-39-72(4)40-56-84/h17-20,29-68,77-80H,5-16,21-28H2,1-4H3. The molecule has 11 aromatic carbocycles. The summed E-state index contributed by atoms with van der Waals surface area (Å²) in [6.07, 6.45) is 35.7. The van der Waals surface area contributed by atoms with Gasteiger partial charge in [-0.1, -0.05) is 318 Å². The van der Waals surface area contributed by atoms with Crippen LogP contribution in [0.1, 0.15) is 195 Å². The number of allylic oxidation sites excluding steroid dienone is 4. The van der Waals surface area contributed by atoms with E-state index in [4.69, 9.17) is 0 Å². The molecule has 4 aliphatic carbocycles. The van der Waals surface area contributed by atoms with E-state index in [1.54, 1.807) is 0 Å². The van der Waals surface area contributed by atoms with Crippen molar-refractivity contribution in [1.29, 1.82) is 0 Å². The van der Waals surface area contributed by atoms with Gasteiger partial charge in [-0.05, 0) is 218 Å². The summed E-state index contributed by atoms with van der Waals surface area (Å²) in [4.78, 5) is 5.14. The summed E-state index contributed by atoms with van der Waals surface area (Å²) in [6, 6.07) is 93.8. The Balaban J connectivity index is 0.900. The highest BCUT2D eigenvalue weighted by Crippen LogP contribution is 2.52. The molecule has 502 valence electrons. The predicted molar refractivity (Wildman–Crippen MR) is 433 cm³/mol. The van der Waals surface area contributed by atoms with Crippen molar-refractivity contribution in [3.8, 4) is 0 Å². The smallest absolute Gasteiger partial charge is 0.0619 e. The first-order chi connectivity index (χ1) is 49.2. The Kier molecular flexibility index (Phi) is 20.5. The van der Waals surface area contributed by atoms with Crippen LogP contribution in [0.3, 0.4) is 0 Å². The lowest BCUT2D eigenvalue weighted by molar-refractivity contribution is 0.430. The van der Waals surface area contributed by atoms with Gasteiger partial charge in [-0.2, -0.15) is 0 Å². The van der Waals surface area contributed by atoms with Crippen molar-refractivity contribution in [2.24, 2.45) is 23.7 Å². The number of aryl methyl sites for hydroxylation is 4. The van der Waals surface area contributed by atoms with E-state index in [0.29, 0.717) is 23.7 Å². The van der Waals surface area contributed by atoms with Gasteiger partial charge in [0.05, 0.1) is 11.4 Å². The highest BCUT2D eigenvalue weighted by atomic mass is 15.2. The zero-order valence-electron chi connectivity index (χ0n) is 59.7. The second-order valence-electron chi connectivity index (χ2n) is 30.0. The lowest BCUT2D eigenvalue weighted by Crippen LogP contribution is -2.14. The molecule has 2 heteroatoms. The third-order valence-electron chi connectivity index (χ3n) is 22.9. The van der Waals surface area contributed by atoms with Crippen molar-refractivity contribution in [3.05, 3.63) is 309 Å². The van der Waals surface area contributed by atoms with Gasteiger partial charge in [-0.3, -0.25) is 0 Å². The molecule has 4 fully saturated rings.